The number of anilines is 6. The molecule has 0 aromatic heterocycles. The van der Waals surface area contributed by atoms with Crippen LogP contribution in [0.15, 0.2) is 231 Å². The Morgan fingerprint density at radius 1 is 0.250 bits per heavy atom. The molecule has 0 radical (unpaired) electrons. The van der Waals surface area contributed by atoms with Crippen molar-refractivity contribution in [3.63, 3.8) is 0 Å². The zero-order chi connectivity index (χ0) is 46.6. The standard InChI is InChI=1S/C66H56N2/c1-65(2,3)47-31-35-51(36-32-47)67(49-23-9-7-10-24-49)53-39-41-59-61(43-53)63(57-29-17-21-45-19-13-15-27-55(45)57)60-42-40-54(44-62(60)64(59)58-30-18-22-46-20-14-16-28-56(46)58)68(50-25-11-8-12-26-50)52-37-33-48(34-38-52)66(4,5)6/h7-44H,1-6H3. The minimum absolute atomic E-state index is 0.0420. The van der Waals surface area contributed by atoms with Crippen molar-refractivity contribution in [3.05, 3.63) is 242 Å². The van der Waals surface area contributed by atoms with Gasteiger partial charge < -0.3 is 9.80 Å². The zero-order valence-electron chi connectivity index (χ0n) is 39.8. The highest BCUT2D eigenvalue weighted by Gasteiger charge is 2.24. The largest absolute Gasteiger partial charge is 0.310 e. The molecule has 0 spiro atoms. The summed E-state index contributed by atoms with van der Waals surface area (Å²) in [6.45, 7) is 13.7. The lowest BCUT2D eigenvalue weighted by atomic mass is 9.83. The van der Waals surface area contributed by atoms with Crippen LogP contribution in [-0.2, 0) is 10.8 Å². The fourth-order valence-corrected chi connectivity index (χ4v) is 10.2. The Balaban J connectivity index is 1.26. The van der Waals surface area contributed by atoms with E-state index in [2.05, 4.69) is 282 Å². The molecule has 330 valence electrons. The Labute approximate surface area is 401 Å². The Hall–Kier alpha value is -7.94. The van der Waals surface area contributed by atoms with Crippen molar-refractivity contribution in [1.82, 2.24) is 0 Å². The molecule has 0 saturated heterocycles. The van der Waals surface area contributed by atoms with Crippen LogP contribution in [0.3, 0.4) is 0 Å². The second kappa shape index (κ2) is 17.0. The van der Waals surface area contributed by atoms with E-state index in [0.717, 1.165) is 34.1 Å². The van der Waals surface area contributed by atoms with E-state index in [9.17, 15) is 0 Å². The number of para-hydroxylation sites is 2. The number of benzene rings is 11. The summed E-state index contributed by atoms with van der Waals surface area (Å²) in [6, 6.07) is 85.4. The van der Waals surface area contributed by atoms with Gasteiger partial charge in [-0.25, -0.2) is 0 Å². The topological polar surface area (TPSA) is 6.48 Å². The number of rotatable bonds is 8. The van der Waals surface area contributed by atoms with E-state index < -0.39 is 0 Å². The zero-order valence-corrected chi connectivity index (χ0v) is 39.8. The molecule has 11 aromatic carbocycles. The van der Waals surface area contributed by atoms with E-state index in [1.54, 1.807) is 0 Å². The first kappa shape index (κ1) is 42.7. The molecule has 0 saturated carbocycles. The van der Waals surface area contributed by atoms with Gasteiger partial charge in [0, 0.05) is 34.1 Å². The minimum Gasteiger partial charge on any atom is -0.310 e. The lowest BCUT2D eigenvalue weighted by Crippen LogP contribution is -2.13. The van der Waals surface area contributed by atoms with Crippen LogP contribution < -0.4 is 9.80 Å². The van der Waals surface area contributed by atoms with Crippen molar-refractivity contribution >= 4 is 77.2 Å². The molecule has 11 aromatic rings. The summed E-state index contributed by atoms with van der Waals surface area (Å²) in [5, 5.41) is 9.70. The molecule has 0 fully saturated rings. The Morgan fingerprint density at radius 2 is 0.574 bits per heavy atom. The van der Waals surface area contributed by atoms with Gasteiger partial charge in [-0.05, 0) is 160 Å². The van der Waals surface area contributed by atoms with E-state index in [-0.39, 0.29) is 10.8 Å². The summed E-state index contributed by atoms with van der Waals surface area (Å²) >= 11 is 0. The molecule has 2 nitrogen and oxygen atoms in total. The summed E-state index contributed by atoms with van der Waals surface area (Å²) in [7, 11) is 0. The quantitative estimate of drug-likeness (QED) is 0.140. The molecule has 0 heterocycles. The van der Waals surface area contributed by atoms with E-state index in [0.29, 0.717) is 0 Å². The lowest BCUT2D eigenvalue weighted by molar-refractivity contribution is 0.590. The Bertz CT molecular complexity index is 3360. The molecule has 0 N–H and O–H groups in total. The maximum absolute atomic E-state index is 2.45. The number of nitrogens with zero attached hydrogens (tertiary/aromatic N) is 2. The van der Waals surface area contributed by atoms with Gasteiger partial charge in [0.2, 0.25) is 0 Å². The molecular weight excluding hydrogens is 821 g/mol. The normalized spacial score (nSPS) is 12.0. The summed E-state index contributed by atoms with van der Waals surface area (Å²) in [6.07, 6.45) is 0. The van der Waals surface area contributed by atoms with Gasteiger partial charge in [-0.1, -0.05) is 199 Å². The molecule has 0 aliphatic heterocycles. The highest BCUT2D eigenvalue weighted by atomic mass is 15.1. The average Bonchev–Trinajstić information content (AvgIpc) is 3.36. The summed E-state index contributed by atoms with van der Waals surface area (Å²) in [4.78, 5) is 4.82. The van der Waals surface area contributed by atoms with Crippen molar-refractivity contribution in [2.75, 3.05) is 9.80 Å². The van der Waals surface area contributed by atoms with Crippen LogP contribution in [0.1, 0.15) is 52.7 Å². The molecule has 0 aliphatic rings. The molecule has 0 amide bonds. The first-order chi connectivity index (χ1) is 33.0. The van der Waals surface area contributed by atoms with Gasteiger partial charge in [-0.3, -0.25) is 0 Å². The number of hydrogen-bond acceptors (Lipinski definition) is 2. The van der Waals surface area contributed by atoms with Gasteiger partial charge in [0.05, 0.1) is 0 Å². The second-order valence-corrected chi connectivity index (χ2v) is 20.2. The van der Waals surface area contributed by atoms with Crippen molar-refractivity contribution in [1.29, 1.82) is 0 Å². The van der Waals surface area contributed by atoms with Gasteiger partial charge in [0.25, 0.3) is 0 Å². The maximum atomic E-state index is 2.45. The molecule has 0 aliphatic carbocycles. The van der Waals surface area contributed by atoms with Crippen molar-refractivity contribution in [2.45, 2.75) is 52.4 Å². The van der Waals surface area contributed by atoms with Gasteiger partial charge in [0.15, 0.2) is 0 Å². The molecular formula is C66H56N2. The third-order valence-electron chi connectivity index (χ3n) is 13.7. The molecule has 0 unspecified atom stereocenters. The monoisotopic (exact) mass is 876 g/mol. The smallest absolute Gasteiger partial charge is 0.0468 e. The first-order valence-corrected chi connectivity index (χ1v) is 23.9. The van der Waals surface area contributed by atoms with Crippen LogP contribution in [0, 0.1) is 0 Å². The van der Waals surface area contributed by atoms with E-state index in [1.165, 1.54) is 76.5 Å². The third-order valence-corrected chi connectivity index (χ3v) is 13.7. The van der Waals surface area contributed by atoms with E-state index >= 15 is 0 Å². The maximum Gasteiger partial charge on any atom is 0.0468 e. The van der Waals surface area contributed by atoms with E-state index in [1.807, 2.05) is 0 Å². The van der Waals surface area contributed by atoms with Gasteiger partial charge in [0.1, 0.15) is 0 Å². The van der Waals surface area contributed by atoms with E-state index in [4.69, 9.17) is 0 Å². The fourth-order valence-electron chi connectivity index (χ4n) is 10.2. The van der Waals surface area contributed by atoms with Crippen LogP contribution in [-0.4, -0.2) is 0 Å². The molecule has 11 rings (SSSR count). The van der Waals surface area contributed by atoms with Crippen molar-refractivity contribution in [3.8, 4) is 22.3 Å². The summed E-state index contributed by atoms with van der Waals surface area (Å²) < 4.78 is 0. The van der Waals surface area contributed by atoms with Crippen LogP contribution >= 0.6 is 0 Å². The predicted octanol–water partition coefficient (Wildman–Crippen LogP) is 19.2. The van der Waals surface area contributed by atoms with Gasteiger partial charge in [-0.15, -0.1) is 0 Å². The summed E-state index contributed by atoms with van der Waals surface area (Å²) in [5.74, 6) is 0. The predicted molar refractivity (Wildman–Crippen MR) is 294 cm³/mol. The minimum atomic E-state index is 0.0420. The molecule has 0 bridgehead atoms. The highest BCUT2D eigenvalue weighted by molar-refractivity contribution is 6.26. The van der Waals surface area contributed by atoms with Crippen LogP contribution in [0.5, 0.6) is 0 Å². The molecule has 2 heteroatoms. The Morgan fingerprint density at radius 3 is 0.956 bits per heavy atom. The number of fused-ring (bicyclic) bond motifs is 4. The average molecular weight is 877 g/mol. The summed E-state index contributed by atoms with van der Waals surface area (Å²) in [5.41, 5.74) is 14.2. The van der Waals surface area contributed by atoms with Crippen molar-refractivity contribution in [2.24, 2.45) is 0 Å². The highest BCUT2D eigenvalue weighted by Crippen LogP contribution is 2.50. The van der Waals surface area contributed by atoms with Gasteiger partial charge >= 0.3 is 0 Å². The van der Waals surface area contributed by atoms with Crippen LogP contribution in [0.2, 0.25) is 0 Å². The van der Waals surface area contributed by atoms with Crippen LogP contribution in [0.4, 0.5) is 34.1 Å². The fraction of sp³-hybridized carbons (Fsp3) is 0.121. The second-order valence-electron chi connectivity index (χ2n) is 20.2. The number of hydrogen-bond donors (Lipinski definition) is 0. The first-order valence-electron chi connectivity index (χ1n) is 23.9. The SMILES string of the molecule is CC(C)(C)c1ccc(N(c2ccccc2)c2ccc3c(-c4cccc5ccccc45)c4cc(N(c5ccccc5)c5ccc(C(C)(C)C)cc5)ccc4c(-c4cccc5ccccc45)c3c2)cc1. The van der Waals surface area contributed by atoms with Gasteiger partial charge in [-0.2, -0.15) is 0 Å². The third kappa shape index (κ3) is 7.76. The van der Waals surface area contributed by atoms with Crippen LogP contribution in [0.25, 0.3) is 65.3 Å². The lowest BCUT2D eigenvalue weighted by Gasteiger charge is -2.29. The molecule has 0 atom stereocenters. The van der Waals surface area contributed by atoms with Crippen molar-refractivity contribution < 1.29 is 0 Å². The molecule has 68 heavy (non-hydrogen) atoms. The Kier molecular flexibility index (Phi) is 10.7.